The molecule has 0 radical (unpaired) electrons. The molecule has 0 atom stereocenters. The fraction of sp³-hybridized carbons (Fsp3) is 0.143. The zero-order valence-corrected chi connectivity index (χ0v) is 11.5. The smallest absolute Gasteiger partial charge is 0.131 e. The van der Waals surface area contributed by atoms with Crippen molar-refractivity contribution in [3.8, 4) is 5.75 Å². The molecule has 0 heterocycles. The van der Waals surface area contributed by atoms with Crippen molar-refractivity contribution in [3.63, 3.8) is 0 Å². The molecule has 0 bridgehead atoms. The Labute approximate surface area is 120 Å². The van der Waals surface area contributed by atoms with Gasteiger partial charge in [-0.15, -0.1) is 0 Å². The van der Waals surface area contributed by atoms with E-state index in [9.17, 15) is 4.39 Å². The van der Waals surface area contributed by atoms with Crippen molar-refractivity contribution in [1.29, 1.82) is 0 Å². The van der Waals surface area contributed by atoms with Gasteiger partial charge in [-0.3, -0.25) is 0 Å². The zero-order chi connectivity index (χ0) is 13.8. The first kappa shape index (κ1) is 14.1. The Kier molecular flexibility index (Phi) is 4.64. The van der Waals surface area contributed by atoms with Crippen LogP contribution < -0.4 is 10.5 Å². The quantitative estimate of drug-likeness (QED) is 0.919. The van der Waals surface area contributed by atoms with Crippen molar-refractivity contribution in [2.45, 2.75) is 13.2 Å². The predicted molar refractivity (Wildman–Crippen MR) is 75.1 cm³/mol. The van der Waals surface area contributed by atoms with Crippen LogP contribution in [-0.4, -0.2) is 0 Å². The number of ether oxygens (including phenoxy) is 1. The minimum atomic E-state index is -0.399. The Bertz CT molecular complexity index is 569. The normalized spacial score (nSPS) is 10.5. The standard InChI is InChI=1S/C14H12Cl2FNO/c15-11-4-2-6-14(9(11)7-18)19-8-10-12(16)3-1-5-13(10)17/h1-6H,7-8,18H2. The summed E-state index contributed by atoms with van der Waals surface area (Å²) in [7, 11) is 0. The molecule has 0 aliphatic rings. The average Bonchev–Trinajstić information content (AvgIpc) is 2.38. The Morgan fingerprint density at radius 1 is 1.00 bits per heavy atom. The molecule has 2 rings (SSSR count). The summed E-state index contributed by atoms with van der Waals surface area (Å²) in [5, 5.41) is 0.857. The van der Waals surface area contributed by atoms with Crippen molar-refractivity contribution >= 4 is 23.2 Å². The van der Waals surface area contributed by atoms with Crippen LogP contribution in [0, 0.1) is 5.82 Å². The van der Waals surface area contributed by atoms with E-state index in [0.717, 1.165) is 0 Å². The summed E-state index contributed by atoms with van der Waals surface area (Å²) in [4.78, 5) is 0. The van der Waals surface area contributed by atoms with Gasteiger partial charge in [0.05, 0.1) is 5.02 Å². The Balaban J connectivity index is 2.22. The molecule has 0 aromatic heterocycles. The van der Waals surface area contributed by atoms with Crippen LogP contribution in [-0.2, 0) is 13.2 Å². The first-order chi connectivity index (χ1) is 9.13. The largest absolute Gasteiger partial charge is 0.488 e. The summed E-state index contributed by atoms with van der Waals surface area (Å²) in [6, 6.07) is 9.72. The molecule has 0 spiro atoms. The van der Waals surface area contributed by atoms with Gasteiger partial charge in [-0.25, -0.2) is 4.39 Å². The lowest BCUT2D eigenvalue weighted by Gasteiger charge is -2.12. The van der Waals surface area contributed by atoms with Crippen LogP contribution in [0.1, 0.15) is 11.1 Å². The van der Waals surface area contributed by atoms with Gasteiger partial charge in [-0.1, -0.05) is 35.3 Å². The van der Waals surface area contributed by atoms with Gasteiger partial charge in [0.2, 0.25) is 0 Å². The minimum Gasteiger partial charge on any atom is -0.488 e. The summed E-state index contributed by atoms with van der Waals surface area (Å²) >= 11 is 11.9. The summed E-state index contributed by atoms with van der Waals surface area (Å²) in [6.07, 6.45) is 0. The molecule has 0 aliphatic heterocycles. The fourth-order valence-corrected chi connectivity index (χ4v) is 2.15. The maximum atomic E-state index is 13.6. The third-order valence-corrected chi connectivity index (χ3v) is 3.42. The molecule has 0 saturated carbocycles. The van der Waals surface area contributed by atoms with Crippen molar-refractivity contribution in [2.75, 3.05) is 0 Å². The van der Waals surface area contributed by atoms with E-state index in [2.05, 4.69) is 0 Å². The molecular weight excluding hydrogens is 288 g/mol. The van der Waals surface area contributed by atoms with E-state index >= 15 is 0 Å². The van der Waals surface area contributed by atoms with Gasteiger partial charge in [-0.2, -0.15) is 0 Å². The molecule has 2 nitrogen and oxygen atoms in total. The molecule has 2 N–H and O–H groups in total. The Morgan fingerprint density at radius 3 is 2.26 bits per heavy atom. The van der Waals surface area contributed by atoms with E-state index in [1.807, 2.05) is 0 Å². The predicted octanol–water partition coefficient (Wildman–Crippen LogP) is 4.17. The highest BCUT2D eigenvalue weighted by molar-refractivity contribution is 6.31. The second kappa shape index (κ2) is 6.24. The summed E-state index contributed by atoms with van der Waals surface area (Å²) < 4.78 is 19.2. The van der Waals surface area contributed by atoms with Crippen LogP contribution in [0.4, 0.5) is 4.39 Å². The molecular formula is C14H12Cl2FNO. The molecule has 100 valence electrons. The lowest BCUT2D eigenvalue weighted by molar-refractivity contribution is 0.297. The number of benzene rings is 2. The van der Waals surface area contributed by atoms with E-state index in [0.29, 0.717) is 26.9 Å². The summed E-state index contributed by atoms with van der Waals surface area (Å²) in [5.74, 6) is 0.137. The highest BCUT2D eigenvalue weighted by atomic mass is 35.5. The number of rotatable bonds is 4. The van der Waals surface area contributed by atoms with Crippen molar-refractivity contribution in [2.24, 2.45) is 5.73 Å². The number of hydrogen-bond acceptors (Lipinski definition) is 2. The SMILES string of the molecule is NCc1c(Cl)cccc1OCc1c(F)cccc1Cl. The highest BCUT2D eigenvalue weighted by Gasteiger charge is 2.10. The molecule has 0 aliphatic carbocycles. The highest BCUT2D eigenvalue weighted by Crippen LogP contribution is 2.28. The molecule has 0 unspecified atom stereocenters. The van der Waals surface area contributed by atoms with E-state index in [-0.39, 0.29) is 13.2 Å². The van der Waals surface area contributed by atoms with Gasteiger partial charge in [0.1, 0.15) is 18.2 Å². The molecule has 0 amide bonds. The molecule has 2 aromatic carbocycles. The third kappa shape index (κ3) is 3.18. The van der Waals surface area contributed by atoms with Crippen molar-refractivity contribution in [1.82, 2.24) is 0 Å². The zero-order valence-electron chi connectivity index (χ0n) is 10.00. The minimum absolute atomic E-state index is 0.0266. The van der Waals surface area contributed by atoms with E-state index in [4.69, 9.17) is 33.7 Å². The van der Waals surface area contributed by atoms with E-state index < -0.39 is 5.82 Å². The van der Waals surface area contributed by atoms with Crippen LogP contribution in [0.25, 0.3) is 0 Å². The van der Waals surface area contributed by atoms with E-state index in [1.54, 1.807) is 30.3 Å². The maximum absolute atomic E-state index is 13.6. The van der Waals surface area contributed by atoms with Crippen LogP contribution in [0.3, 0.4) is 0 Å². The number of halogens is 3. The number of hydrogen-bond donors (Lipinski definition) is 1. The van der Waals surface area contributed by atoms with Gasteiger partial charge >= 0.3 is 0 Å². The first-order valence-corrected chi connectivity index (χ1v) is 6.42. The van der Waals surface area contributed by atoms with Gasteiger partial charge < -0.3 is 10.5 Å². The van der Waals surface area contributed by atoms with Gasteiger partial charge in [0.25, 0.3) is 0 Å². The van der Waals surface area contributed by atoms with Crippen LogP contribution in [0.5, 0.6) is 5.75 Å². The fourth-order valence-electron chi connectivity index (χ4n) is 1.69. The van der Waals surface area contributed by atoms with Crippen LogP contribution >= 0.6 is 23.2 Å². The van der Waals surface area contributed by atoms with Crippen LogP contribution in [0.15, 0.2) is 36.4 Å². The molecule has 2 aromatic rings. The van der Waals surface area contributed by atoms with Crippen LogP contribution in [0.2, 0.25) is 10.0 Å². The molecule has 0 saturated heterocycles. The topological polar surface area (TPSA) is 35.2 Å². The molecule has 19 heavy (non-hydrogen) atoms. The Morgan fingerprint density at radius 2 is 1.63 bits per heavy atom. The molecule has 5 heteroatoms. The first-order valence-electron chi connectivity index (χ1n) is 5.66. The third-order valence-electron chi connectivity index (χ3n) is 2.71. The lowest BCUT2D eigenvalue weighted by Crippen LogP contribution is -2.05. The molecule has 0 fully saturated rings. The Hall–Kier alpha value is -1.29. The van der Waals surface area contributed by atoms with Gasteiger partial charge in [-0.05, 0) is 24.3 Å². The van der Waals surface area contributed by atoms with Gasteiger partial charge in [0.15, 0.2) is 0 Å². The average molecular weight is 300 g/mol. The second-order valence-electron chi connectivity index (χ2n) is 3.91. The second-order valence-corrected chi connectivity index (χ2v) is 4.72. The van der Waals surface area contributed by atoms with Crippen molar-refractivity contribution in [3.05, 3.63) is 63.4 Å². The lowest BCUT2D eigenvalue weighted by atomic mass is 10.2. The maximum Gasteiger partial charge on any atom is 0.131 e. The summed E-state index contributed by atoms with van der Waals surface area (Å²) in [6.45, 7) is 0.277. The number of nitrogens with two attached hydrogens (primary N) is 1. The summed E-state index contributed by atoms with van der Waals surface area (Å²) in [5.41, 5.74) is 6.62. The van der Waals surface area contributed by atoms with E-state index in [1.165, 1.54) is 6.07 Å². The monoisotopic (exact) mass is 299 g/mol. The van der Waals surface area contributed by atoms with Gasteiger partial charge in [0, 0.05) is 22.7 Å². The van der Waals surface area contributed by atoms with Crippen molar-refractivity contribution < 1.29 is 9.13 Å².